The van der Waals surface area contributed by atoms with E-state index in [9.17, 15) is 0 Å². The van der Waals surface area contributed by atoms with E-state index >= 15 is 0 Å². The minimum Gasteiger partial charge on any atom is -0.392 e. The first kappa shape index (κ1) is 16.8. The Labute approximate surface area is 129 Å². The fourth-order valence-corrected chi connectivity index (χ4v) is 1.50. The van der Waals surface area contributed by atoms with Crippen LogP contribution in [-0.2, 0) is 19.5 Å². The molecule has 0 atom stereocenters. The molecule has 3 heteroatoms. The quantitative estimate of drug-likeness (QED) is 0.466. The van der Waals surface area contributed by atoms with Crippen LogP contribution >= 0.6 is 22.6 Å². The Morgan fingerprint density at radius 1 is 1.06 bits per heavy atom. The molecule has 0 saturated heterocycles. The third kappa shape index (κ3) is 5.28. The van der Waals surface area contributed by atoms with Gasteiger partial charge in [-0.1, -0.05) is 48.6 Å². The van der Waals surface area contributed by atoms with Crippen molar-refractivity contribution >= 4 is 39.4 Å². The number of halogens is 1. The van der Waals surface area contributed by atoms with E-state index in [2.05, 4.69) is 35.3 Å². The normalized spacial score (nSPS) is 9.59. The van der Waals surface area contributed by atoms with Gasteiger partial charge in [0.1, 0.15) is 0 Å². The second-order valence-electron chi connectivity index (χ2n) is 3.19. The Hall–Kier alpha value is -0.247. The number of benzene rings is 2. The standard InChI is InChI=1S/C13H12O.CH2I.Zn/c14-9-3-4-11-7-8-12-5-1-2-6-13(12)10-11;1-2;/h1-8,10,14H,9H2;1H2;/q;-1;/b4-3+;;. The second kappa shape index (κ2) is 9.75. The van der Waals surface area contributed by atoms with Gasteiger partial charge in [0.2, 0.25) is 0 Å². The maximum atomic E-state index is 8.65. The Balaban J connectivity index is 0.000000811. The maximum Gasteiger partial charge on any atom is 0.0615 e. The Morgan fingerprint density at radius 3 is 2.35 bits per heavy atom. The van der Waals surface area contributed by atoms with Crippen LogP contribution in [0.2, 0.25) is 0 Å². The molecule has 17 heavy (non-hydrogen) atoms. The van der Waals surface area contributed by atoms with Crippen LogP contribution in [0.3, 0.4) is 0 Å². The van der Waals surface area contributed by atoms with Crippen molar-refractivity contribution in [3.8, 4) is 0 Å². The van der Waals surface area contributed by atoms with Crippen LogP contribution in [0.15, 0.2) is 48.5 Å². The summed E-state index contributed by atoms with van der Waals surface area (Å²) in [5.74, 6) is 0. The Morgan fingerprint density at radius 2 is 1.71 bits per heavy atom. The van der Waals surface area contributed by atoms with E-state index in [4.69, 9.17) is 5.11 Å². The van der Waals surface area contributed by atoms with E-state index in [-0.39, 0.29) is 26.1 Å². The summed E-state index contributed by atoms with van der Waals surface area (Å²) in [7, 11) is 0. The third-order valence-corrected chi connectivity index (χ3v) is 2.19. The summed E-state index contributed by atoms with van der Waals surface area (Å²) in [6.07, 6.45) is 3.66. The number of aliphatic hydroxyl groups excluding tert-OH is 1. The van der Waals surface area contributed by atoms with Gasteiger partial charge in [0.25, 0.3) is 0 Å². The van der Waals surface area contributed by atoms with Crippen LogP contribution in [-0.4, -0.2) is 11.7 Å². The van der Waals surface area contributed by atoms with E-state index < -0.39 is 0 Å². The van der Waals surface area contributed by atoms with Crippen molar-refractivity contribution in [2.75, 3.05) is 6.61 Å². The van der Waals surface area contributed by atoms with Gasteiger partial charge in [0.05, 0.1) is 6.61 Å². The molecule has 0 aliphatic heterocycles. The molecule has 0 radical (unpaired) electrons. The number of aliphatic hydroxyl groups is 1. The van der Waals surface area contributed by atoms with Crippen LogP contribution in [0.1, 0.15) is 5.56 Å². The van der Waals surface area contributed by atoms with Gasteiger partial charge in [-0.05, 0) is 22.4 Å². The van der Waals surface area contributed by atoms with Crippen molar-refractivity contribution in [2.24, 2.45) is 0 Å². The molecule has 2 aromatic rings. The fraction of sp³-hybridized carbons (Fsp3) is 0.0714. The summed E-state index contributed by atoms with van der Waals surface area (Å²) in [5.41, 5.74) is 1.12. The predicted octanol–water partition coefficient (Wildman–Crippen LogP) is 4.06. The molecule has 0 fully saturated rings. The first-order valence-corrected chi connectivity index (χ1v) is 6.45. The van der Waals surface area contributed by atoms with Crippen molar-refractivity contribution in [3.05, 3.63) is 59.0 Å². The van der Waals surface area contributed by atoms with Crippen LogP contribution < -0.4 is 0 Å². The molecule has 0 aliphatic carbocycles. The molecule has 0 bridgehead atoms. The molecule has 0 amide bonds. The van der Waals surface area contributed by atoms with Gasteiger partial charge in [-0.3, -0.25) is 4.93 Å². The van der Waals surface area contributed by atoms with E-state index in [1.807, 2.05) is 40.8 Å². The minimum atomic E-state index is 0. The zero-order valence-electron chi connectivity index (χ0n) is 9.64. The second-order valence-corrected chi connectivity index (χ2v) is 3.19. The summed E-state index contributed by atoms with van der Waals surface area (Å²) in [5, 5.41) is 11.1. The first-order chi connectivity index (χ1) is 7.90. The number of fused-ring (bicyclic) bond motifs is 1. The van der Waals surface area contributed by atoms with Crippen molar-refractivity contribution in [3.63, 3.8) is 0 Å². The van der Waals surface area contributed by atoms with E-state index in [1.54, 1.807) is 6.08 Å². The molecular formula is C14H14IOZn-. The average Bonchev–Trinajstić information content (AvgIpc) is 2.38. The van der Waals surface area contributed by atoms with Crippen molar-refractivity contribution < 1.29 is 24.6 Å². The van der Waals surface area contributed by atoms with Crippen LogP contribution in [0.25, 0.3) is 16.8 Å². The molecule has 0 aliphatic rings. The first-order valence-electron chi connectivity index (χ1n) is 4.93. The average molecular weight is 391 g/mol. The van der Waals surface area contributed by atoms with Gasteiger partial charge in [0, 0.05) is 19.5 Å². The van der Waals surface area contributed by atoms with Crippen molar-refractivity contribution in [1.29, 1.82) is 0 Å². The number of hydrogen-bond donors (Lipinski definition) is 1. The fourth-order valence-electron chi connectivity index (χ4n) is 1.50. The van der Waals surface area contributed by atoms with Crippen LogP contribution in [0, 0.1) is 4.93 Å². The number of rotatable bonds is 2. The SMILES string of the molecule is OC/C=C/c1ccc2ccccc2c1.[CH2-]I.[Zn]. The van der Waals surface area contributed by atoms with Crippen LogP contribution in [0.5, 0.6) is 0 Å². The van der Waals surface area contributed by atoms with E-state index in [0.717, 1.165) is 5.56 Å². The number of hydrogen-bond acceptors (Lipinski definition) is 1. The molecule has 0 unspecified atom stereocenters. The molecule has 0 saturated carbocycles. The van der Waals surface area contributed by atoms with Gasteiger partial charge in [0.15, 0.2) is 0 Å². The van der Waals surface area contributed by atoms with Crippen molar-refractivity contribution in [1.82, 2.24) is 0 Å². The summed E-state index contributed by atoms with van der Waals surface area (Å²) in [6, 6.07) is 14.5. The molecule has 86 valence electrons. The molecule has 2 rings (SSSR count). The summed E-state index contributed by atoms with van der Waals surface area (Å²) in [6.45, 7) is 0.0901. The minimum absolute atomic E-state index is 0. The van der Waals surface area contributed by atoms with E-state index in [0.29, 0.717) is 0 Å². The molecule has 0 heterocycles. The Kier molecular flexibility index (Phi) is 9.61. The summed E-state index contributed by atoms with van der Waals surface area (Å²) < 4.78 is 0. The van der Waals surface area contributed by atoms with Gasteiger partial charge >= 0.3 is 0 Å². The molecule has 1 nitrogen and oxygen atoms in total. The topological polar surface area (TPSA) is 20.2 Å². The van der Waals surface area contributed by atoms with E-state index in [1.165, 1.54) is 10.8 Å². The van der Waals surface area contributed by atoms with Crippen molar-refractivity contribution in [2.45, 2.75) is 0 Å². The third-order valence-electron chi connectivity index (χ3n) is 2.19. The summed E-state index contributed by atoms with van der Waals surface area (Å²) >= 11 is 1.90. The summed E-state index contributed by atoms with van der Waals surface area (Å²) in [4.78, 5) is 3.22. The van der Waals surface area contributed by atoms with Gasteiger partial charge < -0.3 is 27.7 Å². The zero-order valence-corrected chi connectivity index (χ0v) is 14.8. The molecule has 0 spiro atoms. The molecular weight excluding hydrogens is 376 g/mol. The molecule has 1 N–H and O–H groups in total. The van der Waals surface area contributed by atoms with Gasteiger partial charge in [-0.25, -0.2) is 0 Å². The maximum absolute atomic E-state index is 8.65. The van der Waals surface area contributed by atoms with Gasteiger partial charge in [-0.2, -0.15) is 0 Å². The predicted molar refractivity (Wildman–Crippen MR) is 79.4 cm³/mol. The smallest absolute Gasteiger partial charge is 0.0615 e. The van der Waals surface area contributed by atoms with Gasteiger partial charge in [-0.15, -0.1) is 0 Å². The molecule has 2 aromatic carbocycles. The zero-order chi connectivity index (χ0) is 11.8. The largest absolute Gasteiger partial charge is 0.392 e. The molecule has 0 aromatic heterocycles. The monoisotopic (exact) mass is 389 g/mol. The Bertz CT molecular complexity index is 468. The van der Waals surface area contributed by atoms with Crippen LogP contribution in [0.4, 0.5) is 0 Å².